The molecular weight excluding hydrogens is 280 g/mol. The molecule has 0 aliphatic rings. The number of nitrogens with one attached hydrogen (secondary N) is 1. The van der Waals surface area contributed by atoms with Crippen LogP contribution in [0.25, 0.3) is 0 Å². The molecule has 1 atom stereocenters. The van der Waals surface area contributed by atoms with Crippen molar-refractivity contribution in [1.29, 1.82) is 0 Å². The molecule has 114 valence electrons. The van der Waals surface area contributed by atoms with Crippen LogP contribution in [-0.4, -0.2) is 16.7 Å². The van der Waals surface area contributed by atoms with Gasteiger partial charge in [-0.25, -0.2) is 4.98 Å². The zero-order chi connectivity index (χ0) is 15.3. The topological polar surface area (TPSA) is 45.2 Å². The Balaban J connectivity index is 2.01. The minimum atomic E-state index is 0.104. The molecule has 1 aromatic carbocycles. The summed E-state index contributed by atoms with van der Waals surface area (Å²) in [6.45, 7) is 7.51. The summed E-state index contributed by atoms with van der Waals surface area (Å²) in [6.07, 6.45) is 2.67. The van der Waals surface area contributed by atoms with Gasteiger partial charge >= 0.3 is 0 Å². The van der Waals surface area contributed by atoms with Crippen molar-refractivity contribution < 1.29 is 5.11 Å². The second kappa shape index (κ2) is 7.16. The first kappa shape index (κ1) is 16.1. The van der Waals surface area contributed by atoms with Crippen LogP contribution in [0.5, 0.6) is 0 Å². The molecule has 0 unspecified atom stereocenters. The SMILES string of the molecule is CC(C)(C)c1ncc(CN[C@H](CCO)c2ccccc2)s1. The van der Waals surface area contributed by atoms with Crippen LogP contribution in [-0.2, 0) is 12.0 Å². The molecule has 4 heteroatoms. The van der Waals surface area contributed by atoms with Crippen LogP contribution in [0.1, 0.15) is 48.7 Å². The van der Waals surface area contributed by atoms with Crippen molar-refractivity contribution in [2.75, 3.05) is 6.61 Å². The highest BCUT2D eigenvalue weighted by Gasteiger charge is 2.18. The van der Waals surface area contributed by atoms with Gasteiger partial charge in [0.25, 0.3) is 0 Å². The van der Waals surface area contributed by atoms with Gasteiger partial charge in [0, 0.05) is 35.7 Å². The van der Waals surface area contributed by atoms with E-state index in [2.05, 4.69) is 43.2 Å². The zero-order valence-electron chi connectivity index (χ0n) is 13.0. The zero-order valence-corrected chi connectivity index (χ0v) is 13.8. The largest absolute Gasteiger partial charge is 0.396 e. The highest BCUT2D eigenvalue weighted by atomic mass is 32.1. The Morgan fingerprint density at radius 3 is 2.52 bits per heavy atom. The predicted octanol–water partition coefficient (Wildman–Crippen LogP) is 3.65. The van der Waals surface area contributed by atoms with E-state index in [0.717, 1.165) is 18.0 Å². The average Bonchev–Trinajstić information content (AvgIpc) is 2.93. The van der Waals surface area contributed by atoms with Gasteiger partial charge in [-0.15, -0.1) is 11.3 Å². The average molecular weight is 304 g/mol. The number of nitrogens with zero attached hydrogens (tertiary/aromatic N) is 1. The lowest BCUT2D eigenvalue weighted by molar-refractivity contribution is 0.265. The molecule has 0 aliphatic carbocycles. The fourth-order valence-electron chi connectivity index (χ4n) is 2.16. The van der Waals surface area contributed by atoms with Gasteiger partial charge in [0.1, 0.15) is 0 Å². The Bertz CT molecular complexity index is 545. The fraction of sp³-hybridized carbons (Fsp3) is 0.471. The molecule has 0 saturated carbocycles. The molecule has 0 amide bonds. The fourth-order valence-corrected chi connectivity index (χ4v) is 3.08. The van der Waals surface area contributed by atoms with E-state index < -0.39 is 0 Å². The second-order valence-corrected chi connectivity index (χ2v) is 7.35. The van der Waals surface area contributed by atoms with Crippen molar-refractivity contribution in [2.45, 2.75) is 45.2 Å². The molecule has 2 N–H and O–H groups in total. The summed E-state index contributed by atoms with van der Waals surface area (Å²) in [7, 11) is 0. The second-order valence-electron chi connectivity index (χ2n) is 6.24. The monoisotopic (exact) mass is 304 g/mol. The lowest BCUT2D eigenvalue weighted by Gasteiger charge is -2.18. The normalized spacial score (nSPS) is 13.3. The molecule has 0 bridgehead atoms. The molecule has 0 radical (unpaired) electrons. The Labute approximate surface area is 131 Å². The van der Waals surface area contributed by atoms with Gasteiger partial charge in [0.15, 0.2) is 0 Å². The molecule has 0 aliphatic heterocycles. The molecular formula is C17H24N2OS. The van der Waals surface area contributed by atoms with Crippen molar-refractivity contribution in [3.63, 3.8) is 0 Å². The molecule has 1 aromatic heterocycles. The third-order valence-electron chi connectivity index (χ3n) is 3.34. The number of aliphatic hydroxyl groups is 1. The van der Waals surface area contributed by atoms with Crippen LogP contribution in [0.15, 0.2) is 36.5 Å². The van der Waals surface area contributed by atoms with Gasteiger partial charge in [0.05, 0.1) is 5.01 Å². The van der Waals surface area contributed by atoms with E-state index in [0.29, 0.717) is 0 Å². The van der Waals surface area contributed by atoms with E-state index in [1.54, 1.807) is 11.3 Å². The van der Waals surface area contributed by atoms with Gasteiger partial charge in [-0.3, -0.25) is 0 Å². The van der Waals surface area contributed by atoms with Gasteiger partial charge in [-0.1, -0.05) is 51.1 Å². The Morgan fingerprint density at radius 2 is 1.95 bits per heavy atom. The number of rotatable bonds is 6. The summed E-state index contributed by atoms with van der Waals surface area (Å²) in [5.74, 6) is 0. The van der Waals surface area contributed by atoms with Gasteiger partial charge in [0.2, 0.25) is 0 Å². The lowest BCUT2D eigenvalue weighted by Crippen LogP contribution is -2.21. The molecule has 0 saturated heterocycles. The van der Waals surface area contributed by atoms with Crippen LogP contribution in [0.2, 0.25) is 0 Å². The molecule has 21 heavy (non-hydrogen) atoms. The Hall–Kier alpha value is -1.23. The van der Waals surface area contributed by atoms with E-state index in [4.69, 9.17) is 0 Å². The summed E-state index contributed by atoms with van der Waals surface area (Å²) in [5, 5.41) is 13.9. The van der Waals surface area contributed by atoms with E-state index in [1.807, 2.05) is 24.4 Å². The maximum Gasteiger partial charge on any atom is 0.0981 e. The van der Waals surface area contributed by atoms with Crippen molar-refractivity contribution in [3.05, 3.63) is 52.0 Å². The number of thiazole rings is 1. The quantitative estimate of drug-likeness (QED) is 0.856. The maximum atomic E-state index is 9.26. The molecule has 1 heterocycles. The standard InChI is InChI=1S/C17H24N2OS/c1-17(2,3)16-19-12-14(21-16)11-18-15(9-10-20)13-7-5-4-6-8-13/h4-8,12,15,18,20H,9-11H2,1-3H3/t15-/m1/s1. The van der Waals surface area contributed by atoms with Gasteiger partial charge < -0.3 is 10.4 Å². The highest BCUT2D eigenvalue weighted by Crippen LogP contribution is 2.27. The van der Waals surface area contributed by atoms with E-state index in [9.17, 15) is 5.11 Å². The van der Waals surface area contributed by atoms with Crippen LogP contribution >= 0.6 is 11.3 Å². The summed E-state index contributed by atoms with van der Waals surface area (Å²) < 4.78 is 0. The summed E-state index contributed by atoms with van der Waals surface area (Å²) in [5.41, 5.74) is 1.32. The van der Waals surface area contributed by atoms with Crippen molar-refractivity contribution in [1.82, 2.24) is 10.3 Å². The molecule has 0 fully saturated rings. The number of hydrogen-bond donors (Lipinski definition) is 2. The summed E-state index contributed by atoms with van der Waals surface area (Å²) in [6, 6.07) is 10.5. The smallest absolute Gasteiger partial charge is 0.0981 e. The van der Waals surface area contributed by atoms with Gasteiger partial charge in [-0.05, 0) is 12.0 Å². The first-order valence-corrected chi connectivity index (χ1v) is 8.16. The summed E-state index contributed by atoms with van der Waals surface area (Å²) >= 11 is 1.76. The summed E-state index contributed by atoms with van der Waals surface area (Å²) in [4.78, 5) is 5.75. The Kier molecular flexibility index (Phi) is 5.51. The maximum absolute atomic E-state index is 9.26. The minimum Gasteiger partial charge on any atom is -0.396 e. The third-order valence-corrected chi connectivity index (χ3v) is 4.76. The van der Waals surface area contributed by atoms with E-state index in [-0.39, 0.29) is 18.1 Å². The van der Waals surface area contributed by atoms with Crippen molar-refractivity contribution in [3.8, 4) is 0 Å². The highest BCUT2D eigenvalue weighted by molar-refractivity contribution is 7.11. The van der Waals surface area contributed by atoms with Gasteiger partial charge in [-0.2, -0.15) is 0 Å². The molecule has 2 rings (SSSR count). The van der Waals surface area contributed by atoms with Crippen molar-refractivity contribution in [2.24, 2.45) is 0 Å². The molecule has 3 nitrogen and oxygen atoms in total. The van der Waals surface area contributed by atoms with Crippen LogP contribution in [0.3, 0.4) is 0 Å². The lowest BCUT2D eigenvalue weighted by atomic mass is 9.98. The third kappa shape index (κ3) is 4.63. The van der Waals surface area contributed by atoms with Crippen LogP contribution in [0.4, 0.5) is 0 Å². The first-order chi connectivity index (χ1) is 10.0. The Morgan fingerprint density at radius 1 is 1.24 bits per heavy atom. The van der Waals surface area contributed by atoms with E-state index >= 15 is 0 Å². The number of hydrogen-bond acceptors (Lipinski definition) is 4. The number of benzene rings is 1. The van der Waals surface area contributed by atoms with E-state index in [1.165, 1.54) is 10.4 Å². The molecule has 0 spiro atoms. The predicted molar refractivity (Wildman–Crippen MR) is 88.5 cm³/mol. The van der Waals surface area contributed by atoms with Crippen LogP contribution < -0.4 is 5.32 Å². The van der Waals surface area contributed by atoms with Crippen LogP contribution in [0, 0.1) is 0 Å². The molecule has 2 aromatic rings. The number of aliphatic hydroxyl groups excluding tert-OH is 1. The number of aromatic nitrogens is 1. The minimum absolute atomic E-state index is 0.104. The van der Waals surface area contributed by atoms with Crippen molar-refractivity contribution >= 4 is 11.3 Å². The first-order valence-electron chi connectivity index (χ1n) is 7.35.